The van der Waals surface area contributed by atoms with E-state index in [2.05, 4.69) is 15.0 Å². The van der Waals surface area contributed by atoms with E-state index in [0.29, 0.717) is 12.0 Å². The van der Waals surface area contributed by atoms with Gasteiger partial charge in [-0.1, -0.05) is 0 Å². The van der Waals surface area contributed by atoms with Gasteiger partial charge in [0.1, 0.15) is 12.7 Å². The van der Waals surface area contributed by atoms with Crippen LogP contribution in [0.3, 0.4) is 0 Å². The van der Waals surface area contributed by atoms with Crippen LogP contribution in [0.2, 0.25) is 0 Å². The van der Waals surface area contributed by atoms with E-state index in [-0.39, 0.29) is 0 Å². The SMILES string of the molecule is ClN(c1ncncn1)C1CC1. The molecule has 0 aliphatic heterocycles. The molecule has 58 valence electrons. The number of hydrogen-bond acceptors (Lipinski definition) is 4. The molecule has 1 aromatic rings. The van der Waals surface area contributed by atoms with Gasteiger partial charge in [-0.05, 0) is 12.8 Å². The van der Waals surface area contributed by atoms with E-state index in [1.54, 1.807) is 4.42 Å². The van der Waals surface area contributed by atoms with E-state index < -0.39 is 0 Å². The van der Waals surface area contributed by atoms with Gasteiger partial charge < -0.3 is 0 Å². The van der Waals surface area contributed by atoms with E-state index in [9.17, 15) is 0 Å². The third-order valence-electron chi connectivity index (χ3n) is 1.54. The summed E-state index contributed by atoms with van der Waals surface area (Å²) in [6.45, 7) is 0. The van der Waals surface area contributed by atoms with E-state index >= 15 is 0 Å². The molecule has 0 atom stereocenters. The Hall–Kier alpha value is -0.900. The van der Waals surface area contributed by atoms with Gasteiger partial charge in [0.05, 0.1) is 0 Å². The van der Waals surface area contributed by atoms with E-state index in [1.807, 2.05) is 0 Å². The summed E-state index contributed by atoms with van der Waals surface area (Å²) in [6.07, 6.45) is 5.16. The van der Waals surface area contributed by atoms with Gasteiger partial charge in [0.15, 0.2) is 0 Å². The van der Waals surface area contributed by atoms with Crippen LogP contribution in [0.4, 0.5) is 5.95 Å². The number of anilines is 1. The maximum Gasteiger partial charge on any atom is 0.243 e. The summed E-state index contributed by atoms with van der Waals surface area (Å²) in [5, 5.41) is 0. The van der Waals surface area contributed by atoms with Crippen LogP contribution in [0, 0.1) is 0 Å². The topological polar surface area (TPSA) is 41.9 Å². The summed E-state index contributed by atoms with van der Waals surface area (Å²) in [7, 11) is 0. The minimum Gasteiger partial charge on any atom is -0.250 e. The summed E-state index contributed by atoms with van der Waals surface area (Å²) in [5.74, 6) is 0.546. The second-order valence-electron chi connectivity index (χ2n) is 2.48. The number of nitrogens with zero attached hydrogens (tertiary/aromatic N) is 4. The quantitative estimate of drug-likeness (QED) is 0.621. The molecule has 2 rings (SSSR count). The van der Waals surface area contributed by atoms with Crippen molar-refractivity contribution in [2.24, 2.45) is 0 Å². The summed E-state index contributed by atoms with van der Waals surface area (Å²) in [5.41, 5.74) is 0. The summed E-state index contributed by atoms with van der Waals surface area (Å²) in [6, 6.07) is 0.430. The highest BCUT2D eigenvalue weighted by molar-refractivity contribution is 6.25. The molecule has 4 nitrogen and oxygen atoms in total. The van der Waals surface area contributed by atoms with Crippen LogP contribution in [0.25, 0.3) is 0 Å². The van der Waals surface area contributed by atoms with Crippen molar-refractivity contribution in [3.05, 3.63) is 12.7 Å². The molecule has 0 amide bonds. The van der Waals surface area contributed by atoms with E-state index in [0.717, 1.165) is 12.8 Å². The Morgan fingerprint density at radius 2 is 2.00 bits per heavy atom. The zero-order valence-electron chi connectivity index (χ0n) is 5.81. The van der Waals surface area contributed by atoms with Gasteiger partial charge >= 0.3 is 0 Å². The van der Waals surface area contributed by atoms with Crippen molar-refractivity contribution in [2.75, 3.05) is 4.42 Å². The van der Waals surface area contributed by atoms with Crippen molar-refractivity contribution in [1.82, 2.24) is 15.0 Å². The molecule has 0 N–H and O–H groups in total. The van der Waals surface area contributed by atoms with Gasteiger partial charge in [0.2, 0.25) is 5.95 Å². The molecule has 11 heavy (non-hydrogen) atoms. The molecule has 0 saturated heterocycles. The van der Waals surface area contributed by atoms with Gasteiger partial charge in [-0.25, -0.2) is 19.4 Å². The largest absolute Gasteiger partial charge is 0.250 e. The fourth-order valence-electron chi connectivity index (χ4n) is 0.808. The lowest BCUT2D eigenvalue weighted by Crippen LogP contribution is -2.15. The smallest absolute Gasteiger partial charge is 0.243 e. The molecule has 0 unspecified atom stereocenters. The Morgan fingerprint density at radius 1 is 1.36 bits per heavy atom. The summed E-state index contributed by atoms with van der Waals surface area (Å²) < 4.78 is 1.57. The van der Waals surface area contributed by atoms with Crippen molar-refractivity contribution in [3.8, 4) is 0 Å². The minimum absolute atomic E-state index is 0.430. The van der Waals surface area contributed by atoms with E-state index in [4.69, 9.17) is 11.8 Å². The first kappa shape index (κ1) is 6.79. The zero-order chi connectivity index (χ0) is 7.68. The van der Waals surface area contributed by atoms with Crippen LogP contribution in [-0.2, 0) is 0 Å². The monoisotopic (exact) mass is 170 g/mol. The van der Waals surface area contributed by atoms with Crippen LogP contribution in [0.15, 0.2) is 12.7 Å². The highest BCUT2D eigenvalue weighted by Crippen LogP contribution is 2.30. The molecule has 5 heteroatoms. The van der Waals surface area contributed by atoms with Crippen LogP contribution in [0.5, 0.6) is 0 Å². The lowest BCUT2D eigenvalue weighted by atomic mass is 10.7. The van der Waals surface area contributed by atoms with Gasteiger partial charge in [0, 0.05) is 17.8 Å². The fraction of sp³-hybridized carbons (Fsp3) is 0.500. The predicted octanol–water partition coefficient (Wildman–Crippen LogP) is 0.994. The number of rotatable bonds is 2. The Bertz CT molecular complexity index is 236. The number of aromatic nitrogens is 3. The molecule has 1 saturated carbocycles. The Morgan fingerprint density at radius 3 is 2.55 bits per heavy atom. The van der Waals surface area contributed by atoms with Gasteiger partial charge in [-0.3, -0.25) is 0 Å². The average Bonchev–Trinajstić information content (AvgIpc) is 2.87. The highest BCUT2D eigenvalue weighted by atomic mass is 35.5. The van der Waals surface area contributed by atoms with Crippen LogP contribution < -0.4 is 4.42 Å². The molecule has 0 spiro atoms. The molecule has 1 heterocycles. The van der Waals surface area contributed by atoms with Crippen molar-refractivity contribution >= 4 is 17.7 Å². The van der Waals surface area contributed by atoms with Crippen molar-refractivity contribution in [2.45, 2.75) is 18.9 Å². The van der Waals surface area contributed by atoms with Gasteiger partial charge in [-0.2, -0.15) is 0 Å². The van der Waals surface area contributed by atoms with Crippen molar-refractivity contribution in [3.63, 3.8) is 0 Å². The Balaban J connectivity index is 2.15. The van der Waals surface area contributed by atoms with E-state index in [1.165, 1.54) is 12.7 Å². The van der Waals surface area contributed by atoms with Crippen molar-refractivity contribution < 1.29 is 0 Å². The second kappa shape index (κ2) is 2.62. The molecule has 0 radical (unpaired) electrons. The first-order valence-corrected chi connectivity index (χ1v) is 3.79. The van der Waals surface area contributed by atoms with Gasteiger partial charge in [0.25, 0.3) is 0 Å². The second-order valence-corrected chi connectivity index (χ2v) is 2.84. The average molecular weight is 171 g/mol. The standard InChI is InChI=1S/C6H7ClN4/c7-11(5-1-2-5)6-9-3-8-4-10-6/h3-5H,1-2H2. The minimum atomic E-state index is 0.430. The first-order valence-electron chi connectivity index (χ1n) is 3.45. The van der Waals surface area contributed by atoms with Crippen LogP contribution in [-0.4, -0.2) is 21.0 Å². The Kier molecular flexibility index (Phi) is 1.62. The summed E-state index contributed by atoms with van der Waals surface area (Å²) in [4.78, 5) is 11.5. The highest BCUT2D eigenvalue weighted by Gasteiger charge is 2.29. The maximum absolute atomic E-state index is 5.88. The zero-order valence-corrected chi connectivity index (χ0v) is 6.57. The Labute approximate surface area is 69.4 Å². The molecule has 1 fully saturated rings. The molecular weight excluding hydrogens is 164 g/mol. The molecular formula is C6H7ClN4. The third kappa shape index (κ3) is 1.40. The maximum atomic E-state index is 5.88. The predicted molar refractivity (Wildman–Crippen MR) is 41.2 cm³/mol. The molecule has 1 aliphatic rings. The molecule has 1 aromatic heterocycles. The normalized spacial score (nSPS) is 16.5. The molecule has 1 aliphatic carbocycles. The lowest BCUT2D eigenvalue weighted by Gasteiger charge is -2.10. The fourth-order valence-corrected chi connectivity index (χ4v) is 1.09. The lowest BCUT2D eigenvalue weighted by molar-refractivity contribution is 0.935. The molecule has 0 bridgehead atoms. The number of halogens is 1. The number of hydrogen-bond donors (Lipinski definition) is 0. The van der Waals surface area contributed by atoms with Gasteiger partial charge in [-0.15, -0.1) is 0 Å². The van der Waals surface area contributed by atoms with Crippen molar-refractivity contribution in [1.29, 1.82) is 0 Å². The van der Waals surface area contributed by atoms with Crippen LogP contribution >= 0.6 is 11.8 Å². The van der Waals surface area contributed by atoms with Crippen LogP contribution in [0.1, 0.15) is 12.8 Å². The summed E-state index contributed by atoms with van der Waals surface area (Å²) >= 11 is 5.88. The molecule has 0 aromatic carbocycles. The third-order valence-corrected chi connectivity index (χ3v) is 1.97. The first-order chi connectivity index (χ1) is 5.38.